The summed E-state index contributed by atoms with van der Waals surface area (Å²) >= 11 is 0. The summed E-state index contributed by atoms with van der Waals surface area (Å²) in [5.41, 5.74) is 5.60. The Kier molecular flexibility index (Phi) is 3.80. The Balaban J connectivity index is 1.71. The fraction of sp³-hybridized carbons (Fsp3) is 0.0952. The van der Waals surface area contributed by atoms with Crippen LogP contribution in [-0.2, 0) is 9.78 Å². The minimum absolute atomic E-state index is 0.308. The van der Waals surface area contributed by atoms with Gasteiger partial charge < -0.3 is 5.11 Å². The van der Waals surface area contributed by atoms with Gasteiger partial charge in [-0.2, -0.15) is 4.89 Å². The molecule has 0 fully saturated rings. The van der Waals surface area contributed by atoms with Gasteiger partial charge in [0, 0.05) is 0 Å². The third-order valence-electron chi connectivity index (χ3n) is 5.00. The Morgan fingerprint density at radius 1 is 0.929 bits per heavy atom. The number of para-hydroxylation sites is 1. The summed E-state index contributed by atoms with van der Waals surface area (Å²) in [7, 11) is 0. The molecule has 5 rings (SSSR count). The first-order valence-electron chi connectivity index (χ1n) is 8.78. The molecule has 138 valence electrons. The zero-order valence-corrected chi connectivity index (χ0v) is 14.6. The van der Waals surface area contributed by atoms with E-state index in [2.05, 4.69) is 15.2 Å². The topological polar surface area (TPSA) is 86.5 Å². The number of hydrogen-bond acceptors (Lipinski definition) is 5. The van der Waals surface area contributed by atoms with Crippen molar-refractivity contribution in [2.45, 2.75) is 12.1 Å². The molecule has 4 aromatic rings. The number of nitrogens with zero attached hydrogens (tertiary/aromatic N) is 3. The number of carbonyl (C=O) groups is 1. The monoisotopic (exact) mass is 373 g/mol. The molecule has 0 saturated heterocycles. The lowest BCUT2D eigenvalue weighted by Gasteiger charge is -2.24. The molecule has 7 heteroatoms. The molecule has 0 bridgehead atoms. The van der Waals surface area contributed by atoms with Crippen molar-refractivity contribution < 1.29 is 19.7 Å². The van der Waals surface area contributed by atoms with Gasteiger partial charge in [-0.1, -0.05) is 65.9 Å². The number of rotatable bonds is 4. The molecule has 1 aliphatic carbocycles. The Hall–Kier alpha value is -3.71. The third kappa shape index (κ3) is 2.52. The zero-order valence-electron chi connectivity index (χ0n) is 14.6. The maximum atomic E-state index is 11.1. The second kappa shape index (κ2) is 6.47. The molecule has 0 amide bonds. The van der Waals surface area contributed by atoms with Gasteiger partial charge in [-0.05, 0) is 34.4 Å². The Morgan fingerprint density at radius 2 is 1.54 bits per heavy atom. The predicted molar refractivity (Wildman–Crippen MR) is 100 cm³/mol. The minimum atomic E-state index is -1.52. The normalized spacial score (nSPS) is 13.9. The maximum Gasteiger partial charge on any atom is 0.537 e. The van der Waals surface area contributed by atoms with E-state index in [0.29, 0.717) is 5.52 Å². The number of hydrogen-bond donors (Lipinski definition) is 1. The van der Waals surface area contributed by atoms with Crippen LogP contribution in [0.5, 0.6) is 0 Å². The molecular weight excluding hydrogens is 358 g/mol. The molecule has 28 heavy (non-hydrogen) atoms. The van der Waals surface area contributed by atoms with Crippen LogP contribution in [0.3, 0.4) is 0 Å². The first-order chi connectivity index (χ1) is 13.7. The van der Waals surface area contributed by atoms with Gasteiger partial charge in [0.2, 0.25) is 6.23 Å². The van der Waals surface area contributed by atoms with Gasteiger partial charge in [0.1, 0.15) is 5.52 Å². The number of aromatic nitrogens is 3. The molecule has 1 unspecified atom stereocenters. The van der Waals surface area contributed by atoms with E-state index in [4.69, 9.17) is 9.99 Å². The summed E-state index contributed by atoms with van der Waals surface area (Å²) in [5.74, 6) is -0.308. The Labute approximate surface area is 159 Å². The van der Waals surface area contributed by atoms with Crippen LogP contribution in [0.1, 0.15) is 23.3 Å². The van der Waals surface area contributed by atoms with E-state index in [1.165, 1.54) is 0 Å². The van der Waals surface area contributed by atoms with Crippen molar-refractivity contribution >= 4 is 17.2 Å². The lowest BCUT2D eigenvalue weighted by Crippen LogP contribution is -2.23. The van der Waals surface area contributed by atoms with Gasteiger partial charge in [-0.25, -0.2) is 9.48 Å². The van der Waals surface area contributed by atoms with Crippen LogP contribution in [0, 0.1) is 0 Å². The Bertz CT molecular complexity index is 1140. The highest BCUT2D eigenvalue weighted by molar-refractivity contribution is 5.79. The highest BCUT2D eigenvalue weighted by Crippen LogP contribution is 2.50. The van der Waals surface area contributed by atoms with Gasteiger partial charge in [-0.15, -0.1) is 5.10 Å². The molecule has 0 aliphatic heterocycles. The summed E-state index contributed by atoms with van der Waals surface area (Å²) in [4.78, 5) is 21.0. The smallest absolute Gasteiger partial charge is 0.448 e. The lowest BCUT2D eigenvalue weighted by molar-refractivity contribution is -0.309. The molecule has 1 aromatic heterocycles. The first kappa shape index (κ1) is 16.5. The predicted octanol–water partition coefficient (Wildman–Crippen LogP) is 4.37. The van der Waals surface area contributed by atoms with E-state index in [1.807, 2.05) is 72.8 Å². The molecule has 1 aliphatic rings. The SMILES string of the molecule is O=C(O)OOC(C1c2ccccc2-c2ccccc21)n1nnc2ccccc21. The fourth-order valence-corrected chi connectivity index (χ4v) is 3.90. The molecule has 7 nitrogen and oxygen atoms in total. The van der Waals surface area contributed by atoms with Crippen LogP contribution in [0.4, 0.5) is 4.79 Å². The molecular formula is C21H15N3O4. The Morgan fingerprint density at radius 3 is 2.21 bits per heavy atom. The van der Waals surface area contributed by atoms with E-state index in [9.17, 15) is 4.79 Å². The highest BCUT2D eigenvalue weighted by Gasteiger charge is 2.38. The van der Waals surface area contributed by atoms with E-state index < -0.39 is 12.4 Å². The molecule has 3 aromatic carbocycles. The largest absolute Gasteiger partial charge is 0.537 e. The highest BCUT2D eigenvalue weighted by atomic mass is 17.2. The summed E-state index contributed by atoms with van der Waals surface area (Å²) in [6.45, 7) is 0. The third-order valence-corrected chi connectivity index (χ3v) is 5.00. The number of carboxylic acid groups (broad SMARTS) is 1. The molecule has 1 heterocycles. The van der Waals surface area contributed by atoms with E-state index >= 15 is 0 Å². The second-order valence-electron chi connectivity index (χ2n) is 6.51. The van der Waals surface area contributed by atoms with E-state index in [-0.39, 0.29) is 5.92 Å². The fourth-order valence-electron chi connectivity index (χ4n) is 3.90. The number of benzene rings is 3. The minimum Gasteiger partial charge on any atom is -0.448 e. The summed E-state index contributed by atoms with van der Waals surface area (Å²) in [6.07, 6.45) is -2.37. The van der Waals surface area contributed by atoms with Crippen molar-refractivity contribution in [1.82, 2.24) is 15.0 Å². The summed E-state index contributed by atoms with van der Waals surface area (Å²) < 4.78 is 1.57. The van der Waals surface area contributed by atoms with E-state index in [1.54, 1.807) is 4.68 Å². The summed E-state index contributed by atoms with van der Waals surface area (Å²) in [5, 5.41) is 17.4. The van der Waals surface area contributed by atoms with Crippen LogP contribution in [0.25, 0.3) is 22.2 Å². The van der Waals surface area contributed by atoms with Crippen LogP contribution in [0.15, 0.2) is 72.8 Å². The van der Waals surface area contributed by atoms with Crippen molar-refractivity contribution in [3.05, 3.63) is 83.9 Å². The van der Waals surface area contributed by atoms with Gasteiger partial charge in [0.25, 0.3) is 0 Å². The summed E-state index contributed by atoms with van der Waals surface area (Å²) in [6, 6.07) is 23.4. The van der Waals surface area contributed by atoms with Crippen LogP contribution < -0.4 is 0 Å². The van der Waals surface area contributed by atoms with E-state index in [0.717, 1.165) is 27.8 Å². The van der Waals surface area contributed by atoms with Crippen LogP contribution >= 0.6 is 0 Å². The number of fused-ring (bicyclic) bond motifs is 4. The van der Waals surface area contributed by atoms with Gasteiger partial charge in [0.15, 0.2) is 0 Å². The first-order valence-corrected chi connectivity index (χ1v) is 8.78. The standard InChI is InChI=1S/C21H15N3O4/c25-21(26)28-27-20(24-18-12-6-5-11-17(18)22-23-24)19-15-9-3-1-7-13(15)14-8-2-4-10-16(14)19/h1-12,19-20H,(H,25,26). The quantitative estimate of drug-likeness (QED) is 0.422. The van der Waals surface area contributed by atoms with Crippen LogP contribution in [0.2, 0.25) is 0 Å². The molecule has 1 atom stereocenters. The van der Waals surface area contributed by atoms with Crippen molar-refractivity contribution in [2.75, 3.05) is 0 Å². The van der Waals surface area contributed by atoms with Crippen molar-refractivity contribution in [3.8, 4) is 11.1 Å². The molecule has 0 saturated carbocycles. The van der Waals surface area contributed by atoms with Crippen molar-refractivity contribution in [2.24, 2.45) is 0 Å². The lowest BCUT2D eigenvalue weighted by atomic mass is 9.95. The van der Waals surface area contributed by atoms with Crippen molar-refractivity contribution in [3.63, 3.8) is 0 Å². The zero-order chi connectivity index (χ0) is 19.1. The molecule has 1 N–H and O–H groups in total. The molecule has 0 spiro atoms. The molecule has 0 radical (unpaired) electrons. The van der Waals surface area contributed by atoms with Gasteiger partial charge in [-0.3, -0.25) is 4.89 Å². The maximum absolute atomic E-state index is 11.1. The average molecular weight is 373 g/mol. The van der Waals surface area contributed by atoms with Crippen molar-refractivity contribution in [1.29, 1.82) is 0 Å². The average Bonchev–Trinajstić information content (AvgIpc) is 3.29. The van der Waals surface area contributed by atoms with Crippen LogP contribution in [-0.4, -0.2) is 26.3 Å². The van der Waals surface area contributed by atoms with Gasteiger partial charge >= 0.3 is 6.16 Å². The van der Waals surface area contributed by atoms with Gasteiger partial charge in [0.05, 0.1) is 11.4 Å². The second-order valence-corrected chi connectivity index (χ2v) is 6.51.